The molecule has 0 radical (unpaired) electrons. The molecule has 26 heavy (non-hydrogen) atoms. The SMILES string of the molecule is Cc1nn(-c2ccccc2)cc1/C=C1/N=C(c2ccc(F)cc2)OC1=O. The highest BCUT2D eigenvalue weighted by Crippen LogP contribution is 2.21. The number of halogens is 1. The van der Waals surface area contributed by atoms with Crippen LogP contribution in [-0.4, -0.2) is 21.6 Å². The Morgan fingerprint density at radius 1 is 1.08 bits per heavy atom. The topological polar surface area (TPSA) is 56.5 Å². The first-order valence-electron chi connectivity index (χ1n) is 8.00. The van der Waals surface area contributed by atoms with Crippen molar-refractivity contribution in [3.05, 3.63) is 89.1 Å². The van der Waals surface area contributed by atoms with Crippen LogP contribution >= 0.6 is 0 Å². The van der Waals surface area contributed by atoms with Crippen LogP contribution in [0.1, 0.15) is 16.8 Å². The third-order valence-corrected chi connectivity index (χ3v) is 3.96. The zero-order valence-electron chi connectivity index (χ0n) is 13.9. The molecule has 0 unspecified atom stereocenters. The molecule has 1 aliphatic rings. The number of rotatable bonds is 3. The van der Waals surface area contributed by atoms with Crippen LogP contribution in [0.25, 0.3) is 11.8 Å². The highest BCUT2D eigenvalue weighted by Gasteiger charge is 2.24. The van der Waals surface area contributed by atoms with E-state index >= 15 is 0 Å². The number of ether oxygens (including phenoxy) is 1. The maximum absolute atomic E-state index is 13.0. The van der Waals surface area contributed by atoms with E-state index in [4.69, 9.17) is 4.74 Å². The Bertz CT molecular complexity index is 1030. The van der Waals surface area contributed by atoms with Crippen LogP contribution in [0.4, 0.5) is 4.39 Å². The van der Waals surface area contributed by atoms with Gasteiger partial charge in [0.1, 0.15) is 5.82 Å². The number of carbonyl (C=O) groups is 1. The van der Waals surface area contributed by atoms with Crippen molar-refractivity contribution in [3.63, 3.8) is 0 Å². The lowest BCUT2D eigenvalue weighted by Crippen LogP contribution is -2.05. The molecular formula is C20H14FN3O2. The number of hydrogen-bond donors (Lipinski definition) is 0. The van der Waals surface area contributed by atoms with Crippen LogP contribution in [0.3, 0.4) is 0 Å². The zero-order chi connectivity index (χ0) is 18.1. The van der Waals surface area contributed by atoms with Crippen LogP contribution in [0.5, 0.6) is 0 Å². The number of para-hydroxylation sites is 1. The van der Waals surface area contributed by atoms with Crippen molar-refractivity contribution in [3.8, 4) is 5.69 Å². The molecule has 0 saturated heterocycles. The number of nitrogens with zero attached hydrogens (tertiary/aromatic N) is 3. The molecule has 0 bridgehead atoms. The van der Waals surface area contributed by atoms with Crippen LogP contribution < -0.4 is 0 Å². The summed E-state index contributed by atoms with van der Waals surface area (Å²) < 4.78 is 20.0. The van der Waals surface area contributed by atoms with Gasteiger partial charge in [-0.25, -0.2) is 18.9 Å². The molecule has 0 N–H and O–H groups in total. The molecule has 3 aromatic rings. The third kappa shape index (κ3) is 3.04. The molecule has 1 aliphatic heterocycles. The van der Waals surface area contributed by atoms with Gasteiger partial charge in [0.2, 0.25) is 5.90 Å². The summed E-state index contributed by atoms with van der Waals surface area (Å²) in [7, 11) is 0. The van der Waals surface area contributed by atoms with Crippen molar-refractivity contribution < 1.29 is 13.9 Å². The minimum atomic E-state index is -0.545. The molecule has 0 aliphatic carbocycles. The largest absolute Gasteiger partial charge is 0.402 e. The summed E-state index contributed by atoms with van der Waals surface area (Å²) in [6.07, 6.45) is 3.47. The minimum Gasteiger partial charge on any atom is -0.402 e. The van der Waals surface area contributed by atoms with Gasteiger partial charge in [0.25, 0.3) is 0 Å². The average molecular weight is 347 g/mol. The van der Waals surface area contributed by atoms with E-state index in [1.165, 1.54) is 24.3 Å². The average Bonchev–Trinajstić information content (AvgIpc) is 3.20. The molecule has 4 rings (SSSR count). The van der Waals surface area contributed by atoms with E-state index in [-0.39, 0.29) is 17.4 Å². The molecular weight excluding hydrogens is 333 g/mol. The fourth-order valence-electron chi connectivity index (χ4n) is 2.60. The Hall–Kier alpha value is -3.54. The van der Waals surface area contributed by atoms with Gasteiger partial charge >= 0.3 is 5.97 Å². The van der Waals surface area contributed by atoms with Gasteiger partial charge in [0.15, 0.2) is 5.70 Å². The molecule has 0 fully saturated rings. The van der Waals surface area contributed by atoms with Crippen LogP contribution in [0, 0.1) is 12.7 Å². The molecule has 6 heteroatoms. The van der Waals surface area contributed by atoms with Gasteiger partial charge in [0, 0.05) is 17.3 Å². The van der Waals surface area contributed by atoms with Gasteiger partial charge in [-0.15, -0.1) is 0 Å². The van der Waals surface area contributed by atoms with Gasteiger partial charge in [-0.3, -0.25) is 0 Å². The van der Waals surface area contributed by atoms with Crippen molar-refractivity contribution in [2.24, 2.45) is 4.99 Å². The minimum absolute atomic E-state index is 0.161. The normalized spacial score (nSPS) is 15.2. The fourth-order valence-corrected chi connectivity index (χ4v) is 2.60. The summed E-state index contributed by atoms with van der Waals surface area (Å²) in [5.74, 6) is -0.746. The number of benzene rings is 2. The summed E-state index contributed by atoms with van der Waals surface area (Å²) in [6.45, 7) is 1.86. The molecule has 0 amide bonds. The fraction of sp³-hybridized carbons (Fsp3) is 0.0500. The number of aryl methyl sites for hydroxylation is 1. The van der Waals surface area contributed by atoms with Crippen molar-refractivity contribution in [1.29, 1.82) is 0 Å². The second-order valence-electron chi connectivity index (χ2n) is 5.79. The zero-order valence-corrected chi connectivity index (χ0v) is 13.9. The molecule has 128 valence electrons. The third-order valence-electron chi connectivity index (χ3n) is 3.96. The predicted octanol–water partition coefficient (Wildman–Crippen LogP) is 3.66. The molecule has 0 spiro atoms. The van der Waals surface area contributed by atoms with Gasteiger partial charge in [0.05, 0.1) is 11.4 Å². The van der Waals surface area contributed by atoms with Crippen LogP contribution in [0.2, 0.25) is 0 Å². The van der Waals surface area contributed by atoms with Crippen molar-refractivity contribution in [2.45, 2.75) is 6.92 Å². The molecule has 2 aromatic carbocycles. The lowest BCUT2D eigenvalue weighted by atomic mass is 10.2. The Morgan fingerprint density at radius 3 is 2.54 bits per heavy atom. The highest BCUT2D eigenvalue weighted by molar-refractivity contribution is 6.12. The van der Waals surface area contributed by atoms with E-state index in [2.05, 4.69) is 10.1 Å². The standard InChI is InChI=1S/C20H14FN3O2/c1-13-15(12-24(23-13)17-5-3-2-4-6-17)11-18-20(25)26-19(22-18)14-7-9-16(21)10-8-14/h2-12H,1H3/b18-11+. The maximum Gasteiger partial charge on any atom is 0.363 e. The summed E-state index contributed by atoms with van der Waals surface area (Å²) in [4.78, 5) is 16.3. The van der Waals surface area contributed by atoms with Gasteiger partial charge in [-0.05, 0) is 49.4 Å². The monoisotopic (exact) mass is 347 g/mol. The number of hydrogen-bond acceptors (Lipinski definition) is 4. The second kappa shape index (κ2) is 6.40. The van der Waals surface area contributed by atoms with E-state index in [0.717, 1.165) is 16.9 Å². The quantitative estimate of drug-likeness (QED) is 0.537. The van der Waals surface area contributed by atoms with Gasteiger partial charge < -0.3 is 4.74 Å². The first-order chi connectivity index (χ1) is 12.6. The van der Waals surface area contributed by atoms with E-state index in [0.29, 0.717) is 5.56 Å². The van der Waals surface area contributed by atoms with Crippen LogP contribution in [-0.2, 0) is 9.53 Å². The van der Waals surface area contributed by atoms with Gasteiger partial charge in [-0.1, -0.05) is 18.2 Å². The van der Waals surface area contributed by atoms with Crippen molar-refractivity contribution >= 4 is 17.9 Å². The molecule has 5 nitrogen and oxygen atoms in total. The smallest absolute Gasteiger partial charge is 0.363 e. The highest BCUT2D eigenvalue weighted by atomic mass is 19.1. The van der Waals surface area contributed by atoms with E-state index in [9.17, 15) is 9.18 Å². The maximum atomic E-state index is 13.0. The van der Waals surface area contributed by atoms with Crippen LogP contribution in [0.15, 0.2) is 71.5 Å². The van der Waals surface area contributed by atoms with E-state index in [1.54, 1.807) is 10.8 Å². The number of carbonyl (C=O) groups excluding carboxylic acids is 1. The second-order valence-corrected chi connectivity index (χ2v) is 5.79. The van der Waals surface area contributed by atoms with Gasteiger partial charge in [-0.2, -0.15) is 5.10 Å². The van der Waals surface area contributed by atoms with Crippen molar-refractivity contribution in [1.82, 2.24) is 9.78 Å². The Kier molecular flexibility index (Phi) is 3.93. The summed E-state index contributed by atoms with van der Waals surface area (Å²) >= 11 is 0. The number of aromatic nitrogens is 2. The molecule has 1 aromatic heterocycles. The Balaban J connectivity index is 1.67. The lowest BCUT2D eigenvalue weighted by Gasteiger charge is -1.98. The molecule has 0 saturated carbocycles. The van der Waals surface area contributed by atoms with Crippen molar-refractivity contribution in [2.75, 3.05) is 0 Å². The first kappa shape index (κ1) is 16.0. The number of esters is 1. The molecule has 0 atom stereocenters. The Morgan fingerprint density at radius 2 is 1.81 bits per heavy atom. The number of aliphatic imine (C=N–C) groups is 1. The van der Waals surface area contributed by atoms with E-state index in [1.807, 2.05) is 43.5 Å². The number of cyclic esters (lactones) is 1. The summed E-state index contributed by atoms with van der Waals surface area (Å²) in [5, 5.41) is 4.46. The summed E-state index contributed by atoms with van der Waals surface area (Å²) in [6, 6.07) is 15.3. The van der Waals surface area contributed by atoms with E-state index < -0.39 is 5.97 Å². The lowest BCUT2D eigenvalue weighted by molar-refractivity contribution is -0.129. The Labute approximate surface area is 149 Å². The predicted molar refractivity (Wildman–Crippen MR) is 95.3 cm³/mol. The molecule has 2 heterocycles. The first-order valence-corrected chi connectivity index (χ1v) is 8.00. The summed E-state index contributed by atoms with van der Waals surface area (Å²) in [5.41, 5.74) is 3.18.